The van der Waals surface area contributed by atoms with Gasteiger partial charge < -0.3 is 24.8 Å². The number of carbonyl (C=O) groups excluding carboxylic acids is 3. The van der Waals surface area contributed by atoms with Gasteiger partial charge in [0.15, 0.2) is 11.5 Å². The fourth-order valence-electron chi connectivity index (χ4n) is 2.78. The maximum atomic E-state index is 12.4. The highest BCUT2D eigenvalue weighted by Crippen LogP contribution is 2.31. The highest BCUT2D eigenvalue weighted by Gasteiger charge is 2.21. The van der Waals surface area contributed by atoms with Crippen LogP contribution in [-0.4, -0.2) is 45.7 Å². The fraction of sp³-hybridized carbons (Fsp3) is 0.318. The zero-order valence-electron chi connectivity index (χ0n) is 17.5. The van der Waals surface area contributed by atoms with Crippen molar-refractivity contribution >= 4 is 17.8 Å². The van der Waals surface area contributed by atoms with Gasteiger partial charge in [-0.25, -0.2) is 0 Å². The van der Waals surface area contributed by atoms with E-state index in [1.54, 1.807) is 30.3 Å². The largest absolute Gasteiger partial charge is 0.493 e. The molecule has 0 aliphatic rings. The van der Waals surface area contributed by atoms with E-state index < -0.39 is 17.9 Å². The van der Waals surface area contributed by atoms with Gasteiger partial charge in [-0.1, -0.05) is 23.8 Å². The maximum absolute atomic E-state index is 12.4. The molecule has 30 heavy (non-hydrogen) atoms. The number of aryl methyl sites for hydroxylation is 1. The first kappa shape index (κ1) is 22.7. The van der Waals surface area contributed by atoms with Crippen LogP contribution in [0.2, 0.25) is 0 Å². The van der Waals surface area contributed by atoms with E-state index >= 15 is 0 Å². The van der Waals surface area contributed by atoms with E-state index in [9.17, 15) is 14.4 Å². The number of carbonyl (C=O) groups is 3. The van der Waals surface area contributed by atoms with Crippen LogP contribution in [0.25, 0.3) is 0 Å². The van der Waals surface area contributed by atoms with Crippen molar-refractivity contribution in [1.29, 1.82) is 0 Å². The summed E-state index contributed by atoms with van der Waals surface area (Å²) in [5.74, 6) is -0.305. The lowest BCUT2D eigenvalue weighted by molar-refractivity contribution is -0.141. The van der Waals surface area contributed by atoms with Crippen LogP contribution in [0.5, 0.6) is 11.5 Å². The maximum Gasteiger partial charge on any atom is 0.307 e. The Balaban J connectivity index is 2.08. The minimum Gasteiger partial charge on any atom is -0.493 e. The Morgan fingerprint density at radius 2 is 1.60 bits per heavy atom. The minimum absolute atomic E-state index is 0.0797. The summed E-state index contributed by atoms with van der Waals surface area (Å²) >= 11 is 0. The fourth-order valence-corrected chi connectivity index (χ4v) is 2.78. The molecule has 0 bridgehead atoms. The van der Waals surface area contributed by atoms with Crippen molar-refractivity contribution in [3.8, 4) is 11.5 Å². The van der Waals surface area contributed by atoms with Gasteiger partial charge in [-0.2, -0.15) is 0 Å². The van der Waals surface area contributed by atoms with Crippen molar-refractivity contribution in [2.75, 3.05) is 27.9 Å². The third-order valence-electron chi connectivity index (χ3n) is 4.47. The van der Waals surface area contributed by atoms with E-state index in [0.29, 0.717) is 22.6 Å². The topological polar surface area (TPSA) is 103 Å². The van der Waals surface area contributed by atoms with Gasteiger partial charge >= 0.3 is 5.97 Å². The van der Waals surface area contributed by atoms with Gasteiger partial charge in [-0.05, 0) is 36.8 Å². The molecule has 160 valence electrons. The highest BCUT2D eigenvalue weighted by atomic mass is 16.5. The quantitative estimate of drug-likeness (QED) is 0.610. The summed E-state index contributed by atoms with van der Waals surface area (Å²) in [6.45, 7) is 1.68. The molecular weight excluding hydrogens is 388 g/mol. The van der Waals surface area contributed by atoms with Crippen LogP contribution in [0.4, 0.5) is 0 Å². The molecule has 0 saturated carbocycles. The third-order valence-corrected chi connectivity index (χ3v) is 4.47. The van der Waals surface area contributed by atoms with Crippen molar-refractivity contribution in [1.82, 2.24) is 10.6 Å². The highest BCUT2D eigenvalue weighted by molar-refractivity contribution is 5.96. The minimum atomic E-state index is -0.666. The number of methoxy groups -OCH3 is 3. The standard InChI is InChI=1S/C22H26N2O6/c1-14-5-7-15(8-6-14)22(27)23-13-20(25)24-17(12-21(26)30-4)16-9-10-18(28-2)19(11-16)29-3/h5-11,17H,12-13H2,1-4H3,(H,23,27)(H,24,25). The molecule has 1 unspecified atom stereocenters. The zero-order valence-corrected chi connectivity index (χ0v) is 17.5. The van der Waals surface area contributed by atoms with E-state index in [1.165, 1.54) is 21.3 Å². The van der Waals surface area contributed by atoms with Crippen LogP contribution in [0.1, 0.15) is 33.9 Å². The van der Waals surface area contributed by atoms with Crippen LogP contribution in [-0.2, 0) is 14.3 Å². The number of benzene rings is 2. The van der Waals surface area contributed by atoms with E-state index in [4.69, 9.17) is 14.2 Å². The Kier molecular flexibility index (Phi) is 8.22. The summed E-state index contributed by atoms with van der Waals surface area (Å²) < 4.78 is 15.2. The second-order valence-electron chi connectivity index (χ2n) is 6.56. The molecule has 8 heteroatoms. The van der Waals surface area contributed by atoms with Crippen LogP contribution in [0, 0.1) is 6.92 Å². The SMILES string of the molecule is COC(=O)CC(NC(=O)CNC(=O)c1ccc(C)cc1)c1ccc(OC)c(OC)c1. The second kappa shape index (κ2) is 10.8. The smallest absolute Gasteiger partial charge is 0.307 e. The van der Waals surface area contributed by atoms with Crippen LogP contribution < -0.4 is 20.1 Å². The molecule has 0 saturated heterocycles. The molecule has 2 rings (SSSR count). The van der Waals surface area contributed by atoms with Gasteiger partial charge in [-0.3, -0.25) is 14.4 Å². The Morgan fingerprint density at radius 1 is 0.933 bits per heavy atom. The van der Waals surface area contributed by atoms with Crippen molar-refractivity contribution < 1.29 is 28.6 Å². The van der Waals surface area contributed by atoms with E-state index in [0.717, 1.165) is 5.56 Å². The first-order valence-corrected chi connectivity index (χ1v) is 9.31. The number of hydrogen-bond acceptors (Lipinski definition) is 6. The summed E-state index contributed by atoms with van der Waals surface area (Å²) in [6.07, 6.45) is -0.0797. The monoisotopic (exact) mass is 414 g/mol. The summed E-state index contributed by atoms with van der Waals surface area (Å²) in [5, 5.41) is 5.32. The summed E-state index contributed by atoms with van der Waals surface area (Å²) in [5.41, 5.74) is 2.13. The van der Waals surface area contributed by atoms with Gasteiger partial charge in [0.2, 0.25) is 5.91 Å². The molecular formula is C22H26N2O6. The summed E-state index contributed by atoms with van der Waals surface area (Å²) in [7, 11) is 4.29. The van der Waals surface area contributed by atoms with E-state index in [1.807, 2.05) is 19.1 Å². The Morgan fingerprint density at radius 3 is 2.20 bits per heavy atom. The average Bonchev–Trinajstić information content (AvgIpc) is 2.76. The van der Waals surface area contributed by atoms with Crippen LogP contribution >= 0.6 is 0 Å². The number of hydrogen-bond donors (Lipinski definition) is 2. The molecule has 8 nitrogen and oxygen atoms in total. The molecule has 0 heterocycles. The van der Waals surface area contributed by atoms with Gasteiger partial charge in [0.25, 0.3) is 5.91 Å². The number of ether oxygens (including phenoxy) is 3. The molecule has 2 aromatic carbocycles. The lowest BCUT2D eigenvalue weighted by Gasteiger charge is -2.20. The summed E-state index contributed by atoms with van der Waals surface area (Å²) in [6, 6.07) is 11.4. The number of amides is 2. The van der Waals surface area contributed by atoms with Crippen molar-refractivity contribution in [2.24, 2.45) is 0 Å². The zero-order chi connectivity index (χ0) is 22.1. The van der Waals surface area contributed by atoms with E-state index in [-0.39, 0.29) is 18.9 Å². The summed E-state index contributed by atoms with van der Waals surface area (Å²) in [4.78, 5) is 36.5. The number of rotatable bonds is 9. The van der Waals surface area contributed by atoms with Gasteiger partial charge in [0, 0.05) is 5.56 Å². The third kappa shape index (κ3) is 6.23. The van der Waals surface area contributed by atoms with Crippen LogP contribution in [0.3, 0.4) is 0 Å². The van der Waals surface area contributed by atoms with Crippen LogP contribution in [0.15, 0.2) is 42.5 Å². The molecule has 2 N–H and O–H groups in total. The van der Waals surface area contributed by atoms with Crippen molar-refractivity contribution in [2.45, 2.75) is 19.4 Å². The molecule has 0 aromatic heterocycles. The Bertz CT molecular complexity index is 895. The van der Waals surface area contributed by atoms with Gasteiger partial charge in [0.05, 0.1) is 40.3 Å². The molecule has 2 amide bonds. The molecule has 0 fully saturated rings. The normalized spacial score (nSPS) is 11.2. The molecule has 0 radical (unpaired) electrons. The molecule has 0 aliphatic carbocycles. The Hall–Kier alpha value is -3.55. The number of nitrogens with one attached hydrogen (secondary N) is 2. The molecule has 2 aromatic rings. The van der Waals surface area contributed by atoms with Gasteiger partial charge in [0.1, 0.15) is 0 Å². The molecule has 1 atom stereocenters. The number of esters is 1. The predicted molar refractivity (Wildman–Crippen MR) is 111 cm³/mol. The van der Waals surface area contributed by atoms with Crippen molar-refractivity contribution in [3.05, 3.63) is 59.2 Å². The molecule has 0 aliphatic heterocycles. The lowest BCUT2D eigenvalue weighted by Crippen LogP contribution is -2.39. The lowest BCUT2D eigenvalue weighted by atomic mass is 10.0. The predicted octanol–water partition coefficient (Wildman–Crippen LogP) is 2.16. The first-order valence-electron chi connectivity index (χ1n) is 9.31. The van der Waals surface area contributed by atoms with E-state index in [2.05, 4.69) is 10.6 Å². The molecule has 0 spiro atoms. The first-order chi connectivity index (χ1) is 14.4. The average molecular weight is 414 g/mol. The van der Waals surface area contributed by atoms with Crippen molar-refractivity contribution in [3.63, 3.8) is 0 Å². The second-order valence-corrected chi connectivity index (χ2v) is 6.56. The van der Waals surface area contributed by atoms with Gasteiger partial charge in [-0.15, -0.1) is 0 Å². The Labute approximate surface area is 175 Å².